The van der Waals surface area contributed by atoms with Crippen LogP contribution >= 0.6 is 0 Å². The van der Waals surface area contributed by atoms with E-state index in [1.165, 1.54) is 19.3 Å². The fourth-order valence-corrected chi connectivity index (χ4v) is 3.00. The van der Waals surface area contributed by atoms with Gasteiger partial charge in [-0.25, -0.2) is 0 Å². The molecule has 0 heterocycles. The van der Waals surface area contributed by atoms with Crippen LogP contribution in [-0.2, 0) is 0 Å². The van der Waals surface area contributed by atoms with Crippen LogP contribution in [0.3, 0.4) is 0 Å². The zero-order valence-electron chi connectivity index (χ0n) is 10.7. The van der Waals surface area contributed by atoms with Crippen molar-refractivity contribution in [2.45, 2.75) is 65.5 Å². The van der Waals surface area contributed by atoms with E-state index in [4.69, 9.17) is 0 Å². The summed E-state index contributed by atoms with van der Waals surface area (Å²) in [6.07, 6.45) is 4.61. The molecule has 1 aliphatic carbocycles. The summed E-state index contributed by atoms with van der Waals surface area (Å²) in [5.41, 5.74) is 0.486. The van der Waals surface area contributed by atoms with Gasteiger partial charge in [0.2, 0.25) is 0 Å². The first kappa shape index (κ1) is 13.0. The topological polar surface area (TPSA) is 32.3 Å². The van der Waals surface area contributed by atoms with Crippen molar-refractivity contribution in [3.05, 3.63) is 0 Å². The van der Waals surface area contributed by atoms with Gasteiger partial charge in [-0.15, -0.1) is 0 Å². The van der Waals surface area contributed by atoms with Crippen LogP contribution in [0.15, 0.2) is 0 Å². The second-order valence-corrected chi connectivity index (χ2v) is 6.20. The molecule has 3 atom stereocenters. The Hall–Kier alpha value is -0.0800. The Kier molecular flexibility index (Phi) is 4.60. The maximum atomic E-state index is 9.20. The number of nitrogens with one attached hydrogen (secondary N) is 1. The predicted molar refractivity (Wildman–Crippen MR) is 64.9 cm³/mol. The van der Waals surface area contributed by atoms with Gasteiger partial charge in [0.25, 0.3) is 0 Å². The Morgan fingerprint density at radius 3 is 2.60 bits per heavy atom. The summed E-state index contributed by atoms with van der Waals surface area (Å²) >= 11 is 0. The Balaban J connectivity index is 2.29. The van der Waals surface area contributed by atoms with Gasteiger partial charge in [-0.3, -0.25) is 0 Å². The maximum absolute atomic E-state index is 9.20. The molecule has 90 valence electrons. The highest BCUT2D eigenvalue weighted by molar-refractivity contribution is 4.86. The second kappa shape index (κ2) is 5.31. The van der Waals surface area contributed by atoms with E-state index < -0.39 is 0 Å². The molecule has 0 bridgehead atoms. The first-order valence-electron chi connectivity index (χ1n) is 6.30. The highest BCUT2D eigenvalue weighted by Gasteiger charge is 2.31. The third-order valence-corrected chi connectivity index (χ3v) is 3.38. The summed E-state index contributed by atoms with van der Waals surface area (Å²) in [6.45, 7) is 9.89. The van der Waals surface area contributed by atoms with Crippen LogP contribution in [0.4, 0.5) is 0 Å². The summed E-state index contributed by atoms with van der Waals surface area (Å²) in [6, 6.07) is 0.655. The maximum Gasteiger partial charge on any atom is 0.0524 e. The lowest BCUT2D eigenvalue weighted by Crippen LogP contribution is -2.40. The van der Waals surface area contributed by atoms with Gasteiger partial charge < -0.3 is 10.4 Å². The van der Waals surface area contributed by atoms with Crippen LogP contribution in [-0.4, -0.2) is 23.8 Å². The minimum atomic E-state index is -0.175. The largest absolute Gasteiger partial charge is 0.393 e. The van der Waals surface area contributed by atoms with Crippen LogP contribution in [0.5, 0.6) is 0 Å². The molecule has 1 aliphatic rings. The van der Waals surface area contributed by atoms with Gasteiger partial charge >= 0.3 is 0 Å². The van der Waals surface area contributed by atoms with Crippen molar-refractivity contribution >= 4 is 0 Å². The predicted octanol–water partition coefficient (Wildman–Crippen LogP) is 2.56. The van der Waals surface area contributed by atoms with Gasteiger partial charge in [-0.05, 0) is 50.5 Å². The van der Waals surface area contributed by atoms with Crippen molar-refractivity contribution in [3.63, 3.8) is 0 Å². The van der Waals surface area contributed by atoms with Crippen LogP contribution in [0.25, 0.3) is 0 Å². The quantitative estimate of drug-likeness (QED) is 0.752. The molecule has 3 unspecified atom stereocenters. The Bertz CT molecular complexity index is 189. The summed E-state index contributed by atoms with van der Waals surface area (Å²) in [7, 11) is 0. The smallest absolute Gasteiger partial charge is 0.0524 e. The van der Waals surface area contributed by atoms with Crippen LogP contribution in [0, 0.1) is 11.3 Å². The standard InChI is InChI=1S/C13H27NO/c1-10-7-12(9-13(3,4)8-10)14-6-5-11(2)15/h10-12,14-15H,5-9H2,1-4H3. The molecule has 2 heteroatoms. The van der Waals surface area contributed by atoms with E-state index in [0.717, 1.165) is 18.9 Å². The summed E-state index contributed by atoms with van der Waals surface area (Å²) in [4.78, 5) is 0. The number of aliphatic hydroxyl groups is 1. The van der Waals surface area contributed by atoms with Crippen LogP contribution in [0.2, 0.25) is 0 Å². The van der Waals surface area contributed by atoms with E-state index in [1.807, 2.05) is 6.92 Å². The highest BCUT2D eigenvalue weighted by atomic mass is 16.3. The third-order valence-electron chi connectivity index (χ3n) is 3.38. The van der Waals surface area contributed by atoms with Crippen molar-refractivity contribution in [2.75, 3.05) is 6.54 Å². The SMILES string of the molecule is CC(O)CCNC1CC(C)CC(C)(C)C1. The zero-order chi connectivity index (χ0) is 11.5. The van der Waals surface area contributed by atoms with Gasteiger partial charge in [0.05, 0.1) is 6.10 Å². The van der Waals surface area contributed by atoms with Crippen molar-refractivity contribution in [1.29, 1.82) is 0 Å². The van der Waals surface area contributed by atoms with Gasteiger partial charge in [0, 0.05) is 6.04 Å². The van der Waals surface area contributed by atoms with Gasteiger partial charge in [0.1, 0.15) is 0 Å². The van der Waals surface area contributed by atoms with Gasteiger partial charge in [0.15, 0.2) is 0 Å². The summed E-state index contributed by atoms with van der Waals surface area (Å²) < 4.78 is 0. The number of hydrogen-bond acceptors (Lipinski definition) is 2. The summed E-state index contributed by atoms with van der Waals surface area (Å²) in [5, 5.41) is 12.8. The fourth-order valence-electron chi connectivity index (χ4n) is 3.00. The minimum Gasteiger partial charge on any atom is -0.393 e. The molecule has 2 nitrogen and oxygen atoms in total. The molecule has 0 aromatic heterocycles. The minimum absolute atomic E-state index is 0.175. The van der Waals surface area contributed by atoms with E-state index in [1.54, 1.807) is 0 Å². The number of rotatable bonds is 4. The molecule has 1 fully saturated rings. The van der Waals surface area contributed by atoms with Gasteiger partial charge in [-0.1, -0.05) is 20.8 Å². The molecule has 0 aromatic rings. The first-order valence-corrected chi connectivity index (χ1v) is 6.30. The fraction of sp³-hybridized carbons (Fsp3) is 1.00. The third kappa shape index (κ3) is 4.98. The summed E-state index contributed by atoms with van der Waals surface area (Å²) in [5.74, 6) is 0.831. The Morgan fingerprint density at radius 2 is 2.07 bits per heavy atom. The Labute approximate surface area is 94.5 Å². The van der Waals surface area contributed by atoms with Gasteiger partial charge in [-0.2, -0.15) is 0 Å². The van der Waals surface area contributed by atoms with E-state index in [0.29, 0.717) is 11.5 Å². The molecule has 0 amide bonds. The molecule has 0 aliphatic heterocycles. The average molecular weight is 213 g/mol. The van der Waals surface area contributed by atoms with Crippen LogP contribution < -0.4 is 5.32 Å². The lowest BCUT2D eigenvalue weighted by molar-refractivity contribution is 0.143. The molecule has 0 aromatic carbocycles. The Morgan fingerprint density at radius 1 is 1.40 bits per heavy atom. The number of aliphatic hydroxyl groups excluding tert-OH is 1. The van der Waals surface area contributed by atoms with E-state index in [9.17, 15) is 5.11 Å². The molecule has 0 saturated heterocycles. The van der Waals surface area contributed by atoms with Crippen molar-refractivity contribution < 1.29 is 5.11 Å². The number of hydrogen-bond donors (Lipinski definition) is 2. The highest BCUT2D eigenvalue weighted by Crippen LogP contribution is 2.38. The average Bonchev–Trinajstić information content (AvgIpc) is 1.98. The first-order chi connectivity index (χ1) is 6.89. The lowest BCUT2D eigenvalue weighted by atomic mass is 9.70. The van der Waals surface area contributed by atoms with Crippen molar-refractivity contribution in [3.8, 4) is 0 Å². The molecule has 1 saturated carbocycles. The van der Waals surface area contributed by atoms with E-state index in [-0.39, 0.29) is 6.10 Å². The molecule has 15 heavy (non-hydrogen) atoms. The van der Waals surface area contributed by atoms with Crippen LogP contribution in [0.1, 0.15) is 53.4 Å². The molecule has 0 radical (unpaired) electrons. The molecule has 0 spiro atoms. The normalized spacial score (nSPS) is 32.6. The van der Waals surface area contributed by atoms with E-state index >= 15 is 0 Å². The molecule has 1 rings (SSSR count). The molecular weight excluding hydrogens is 186 g/mol. The van der Waals surface area contributed by atoms with Crippen molar-refractivity contribution in [2.24, 2.45) is 11.3 Å². The zero-order valence-corrected chi connectivity index (χ0v) is 10.7. The monoisotopic (exact) mass is 213 g/mol. The van der Waals surface area contributed by atoms with E-state index in [2.05, 4.69) is 26.1 Å². The van der Waals surface area contributed by atoms with Crippen molar-refractivity contribution in [1.82, 2.24) is 5.32 Å². The molecule has 2 N–H and O–H groups in total. The molecular formula is C13H27NO. The second-order valence-electron chi connectivity index (χ2n) is 6.20. The lowest BCUT2D eigenvalue weighted by Gasteiger charge is -2.39.